The Morgan fingerprint density at radius 3 is 2.66 bits per heavy atom. The van der Waals surface area contributed by atoms with E-state index in [1.807, 2.05) is 51.2 Å². The van der Waals surface area contributed by atoms with Gasteiger partial charge in [-0.15, -0.1) is 0 Å². The number of carbonyl (C=O) groups is 1. The van der Waals surface area contributed by atoms with E-state index in [0.717, 1.165) is 46.6 Å². The Bertz CT molecular complexity index is 1490. The van der Waals surface area contributed by atoms with Gasteiger partial charge in [0.05, 0.1) is 30.5 Å². The van der Waals surface area contributed by atoms with Gasteiger partial charge in [0, 0.05) is 42.7 Å². The number of rotatable bonds is 5. The number of carbonyl (C=O) groups excluding carboxylic acids is 1. The molecule has 1 amide bonds. The number of aromatic nitrogens is 3. The van der Waals surface area contributed by atoms with Crippen molar-refractivity contribution in [1.82, 2.24) is 20.0 Å². The number of hydrogen-bond donors (Lipinski definition) is 0. The van der Waals surface area contributed by atoms with E-state index >= 15 is 0 Å². The molecule has 0 saturated carbocycles. The summed E-state index contributed by atoms with van der Waals surface area (Å²) in [5.41, 5.74) is 4.55. The van der Waals surface area contributed by atoms with E-state index in [1.165, 1.54) is 0 Å². The molecule has 9 nitrogen and oxygen atoms in total. The minimum atomic E-state index is -0.429. The number of fused-ring (bicyclic) bond motifs is 1. The monoisotopic (exact) mass is 510 g/mol. The van der Waals surface area contributed by atoms with Crippen molar-refractivity contribution in [1.29, 1.82) is 0 Å². The number of aliphatic imine (C=N–C) groups is 1. The van der Waals surface area contributed by atoms with Crippen LogP contribution in [-0.2, 0) is 4.74 Å². The molecular weight excluding hydrogens is 480 g/mol. The summed E-state index contributed by atoms with van der Waals surface area (Å²) in [6.07, 6.45) is 1.73. The van der Waals surface area contributed by atoms with E-state index in [1.54, 1.807) is 6.21 Å². The molecule has 6 rings (SSSR count). The Labute approximate surface area is 221 Å². The zero-order valence-corrected chi connectivity index (χ0v) is 21.8. The molecule has 2 aromatic carbocycles. The number of ether oxygens (including phenoxy) is 1. The average molecular weight is 511 g/mol. The molecule has 0 bridgehead atoms. The van der Waals surface area contributed by atoms with Crippen molar-refractivity contribution in [3.63, 3.8) is 0 Å². The lowest BCUT2D eigenvalue weighted by Gasteiger charge is -2.37. The molecule has 0 aliphatic carbocycles. The van der Waals surface area contributed by atoms with E-state index in [0.29, 0.717) is 31.1 Å². The fraction of sp³-hybridized carbons (Fsp3) is 0.345. The van der Waals surface area contributed by atoms with Crippen LogP contribution in [0.4, 0.5) is 5.82 Å². The number of aryl methyl sites for hydroxylation is 2. The molecule has 2 aromatic heterocycles. The summed E-state index contributed by atoms with van der Waals surface area (Å²) in [6.45, 7) is 7.36. The van der Waals surface area contributed by atoms with Crippen molar-refractivity contribution in [2.24, 2.45) is 10.9 Å². The van der Waals surface area contributed by atoms with Crippen LogP contribution in [-0.4, -0.2) is 72.0 Å². The van der Waals surface area contributed by atoms with Crippen molar-refractivity contribution in [2.75, 3.05) is 44.8 Å². The van der Waals surface area contributed by atoms with E-state index in [9.17, 15) is 4.79 Å². The molecule has 2 aliphatic heterocycles. The second-order valence-electron chi connectivity index (χ2n) is 10.1. The second-order valence-corrected chi connectivity index (χ2v) is 10.1. The molecule has 2 fully saturated rings. The first-order valence-corrected chi connectivity index (χ1v) is 12.9. The summed E-state index contributed by atoms with van der Waals surface area (Å²) in [4.78, 5) is 31.3. The van der Waals surface area contributed by atoms with Gasteiger partial charge in [-0.3, -0.25) is 4.79 Å². The number of hydrogen-bond acceptors (Lipinski definition) is 8. The quantitative estimate of drug-likeness (QED) is 0.368. The molecule has 38 heavy (non-hydrogen) atoms. The third kappa shape index (κ3) is 4.59. The third-order valence-corrected chi connectivity index (χ3v) is 7.27. The first-order chi connectivity index (χ1) is 18.5. The number of amides is 1. The Morgan fingerprint density at radius 1 is 1.11 bits per heavy atom. The van der Waals surface area contributed by atoms with Gasteiger partial charge in [-0.25, -0.2) is 15.0 Å². The van der Waals surface area contributed by atoms with Crippen LogP contribution >= 0.6 is 0 Å². The van der Waals surface area contributed by atoms with Crippen molar-refractivity contribution < 1.29 is 14.1 Å². The Balaban J connectivity index is 1.47. The maximum Gasteiger partial charge on any atom is 0.314 e. The number of morpholine rings is 1. The topological polar surface area (TPSA) is 96.9 Å². The lowest BCUT2D eigenvalue weighted by Crippen LogP contribution is -2.44. The van der Waals surface area contributed by atoms with Crippen molar-refractivity contribution in [3.05, 3.63) is 71.4 Å². The summed E-state index contributed by atoms with van der Waals surface area (Å²) >= 11 is 0. The number of benzene rings is 2. The van der Waals surface area contributed by atoms with Crippen LogP contribution in [0.5, 0.6) is 0 Å². The highest BCUT2D eigenvalue weighted by Crippen LogP contribution is 2.36. The van der Waals surface area contributed by atoms with Crippen LogP contribution in [0.25, 0.3) is 22.0 Å². The molecule has 194 valence electrons. The van der Waals surface area contributed by atoms with E-state index < -0.39 is 5.91 Å². The molecule has 0 radical (unpaired) electrons. The SMILES string of the molecule is Cc1noc(C)c1-c1ccc2nc(C(=O)N=CC3CN(C)C3)nc(N3CCOC[C@@H]3c3ccccc3)c2c1. The Hall–Kier alpha value is -3.95. The van der Waals surface area contributed by atoms with Gasteiger partial charge in [0.15, 0.2) is 0 Å². The van der Waals surface area contributed by atoms with E-state index in [4.69, 9.17) is 14.2 Å². The van der Waals surface area contributed by atoms with Gasteiger partial charge in [0.25, 0.3) is 0 Å². The van der Waals surface area contributed by atoms with Gasteiger partial charge in [0.2, 0.25) is 5.82 Å². The Kier molecular flexibility index (Phi) is 6.47. The molecule has 2 saturated heterocycles. The number of likely N-dealkylation sites (tertiary alicyclic amines) is 1. The van der Waals surface area contributed by atoms with Gasteiger partial charge in [-0.05, 0) is 44.2 Å². The zero-order valence-electron chi connectivity index (χ0n) is 21.8. The molecule has 0 unspecified atom stereocenters. The molecule has 0 N–H and O–H groups in total. The van der Waals surface area contributed by atoms with Crippen LogP contribution in [0.1, 0.15) is 33.7 Å². The summed E-state index contributed by atoms with van der Waals surface area (Å²) in [6, 6.07) is 16.2. The highest BCUT2D eigenvalue weighted by atomic mass is 16.5. The van der Waals surface area contributed by atoms with Gasteiger partial charge in [0.1, 0.15) is 11.6 Å². The molecule has 4 aromatic rings. The highest BCUT2D eigenvalue weighted by molar-refractivity contribution is 6.01. The van der Waals surface area contributed by atoms with Crippen LogP contribution in [0.2, 0.25) is 0 Å². The summed E-state index contributed by atoms with van der Waals surface area (Å²) in [5.74, 6) is 1.40. The summed E-state index contributed by atoms with van der Waals surface area (Å²) < 4.78 is 11.3. The average Bonchev–Trinajstić information content (AvgIpc) is 3.27. The van der Waals surface area contributed by atoms with Gasteiger partial charge < -0.3 is 19.1 Å². The fourth-order valence-electron chi connectivity index (χ4n) is 5.36. The van der Waals surface area contributed by atoms with Crippen molar-refractivity contribution >= 4 is 28.8 Å². The van der Waals surface area contributed by atoms with Crippen LogP contribution in [0.3, 0.4) is 0 Å². The zero-order chi connectivity index (χ0) is 26.2. The summed E-state index contributed by atoms with van der Waals surface area (Å²) in [7, 11) is 2.05. The first kappa shape index (κ1) is 24.4. The number of anilines is 1. The number of nitrogens with zero attached hydrogens (tertiary/aromatic N) is 6. The molecule has 0 spiro atoms. The predicted octanol–water partition coefficient (Wildman–Crippen LogP) is 4.25. The molecule has 9 heteroatoms. The standard InChI is InChI=1S/C29H30N6O3/c1-18-26(19(2)38-33-18)22-9-10-24-23(13-22)28(32-27(31-24)29(36)30-14-20-15-34(3)16-20)35-11-12-37-17-25(35)21-7-5-4-6-8-21/h4-10,13-14,20,25H,11-12,15-17H2,1-3H3/t25-/m1/s1. The largest absolute Gasteiger partial charge is 0.377 e. The first-order valence-electron chi connectivity index (χ1n) is 12.9. The fourth-order valence-corrected chi connectivity index (χ4v) is 5.36. The van der Waals surface area contributed by atoms with E-state index in [2.05, 4.69) is 43.1 Å². The maximum absolute atomic E-state index is 13.1. The summed E-state index contributed by atoms with van der Waals surface area (Å²) in [5, 5.41) is 4.98. The minimum Gasteiger partial charge on any atom is -0.377 e. The smallest absolute Gasteiger partial charge is 0.314 e. The predicted molar refractivity (Wildman–Crippen MR) is 146 cm³/mol. The normalized spacial score (nSPS) is 18.8. The van der Waals surface area contributed by atoms with Crippen molar-refractivity contribution in [2.45, 2.75) is 19.9 Å². The van der Waals surface area contributed by atoms with Gasteiger partial charge in [-0.1, -0.05) is 41.6 Å². The van der Waals surface area contributed by atoms with Crippen LogP contribution in [0, 0.1) is 19.8 Å². The Morgan fingerprint density at radius 2 is 1.92 bits per heavy atom. The van der Waals surface area contributed by atoms with Gasteiger partial charge >= 0.3 is 5.91 Å². The minimum absolute atomic E-state index is 0.0530. The highest BCUT2D eigenvalue weighted by Gasteiger charge is 2.29. The van der Waals surface area contributed by atoms with Gasteiger partial charge in [-0.2, -0.15) is 0 Å². The van der Waals surface area contributed by atoms with E-state index in [-0.39, 0.29) is 17.8 Å². The molecule has 2 aliphatic rings. The lowest BCUT2D eigenvalue weighted by atomic mass is 10.0. The second kappa shape index (κ2) is 10.1. The van der Waals surface area contributed by atoms with Crippen LogP contribution < -0.4 is 4.90 Å². The third-order valence-electron chi connectivity index (χ3n) is 7.27. The van der Waals surface area contributed by atoms with Crippen LogP contribution in [0.15, 0.2) is 58.0 Å². The molecular formula is C29H30N6O3. The maximum atomic E-state index is 13.1. The lowest BCUT2D eigenvalue weighted by molar-refractivity contribution is 0.0937. The molecule has 1 atom stereocenters. The molecule has 4 heterocycles. The van der Waals surface area contributed by atoms with Crippen molar-refractivity contribution in [3.8, 4) is 11.1 Å².